The molecule has 5 heteroatoms. The molecule has 2 aromatic carbocycles. The first-order chi connectivity index (χ1) is 8.91. The lowest BCUT2D eigenvalue weighted by Gasteiger charge is -2.13. The summed E-state index contributed by atoms with van der Waals surface area (Å²) in [4.78, 5) is 0. The van der Waals surface area contributed by atoms with Crippen molar-refractivity contribution in [1.29, 1.82) is 0 Å². The maximum atomic E-state index is 12.9. The third-order valence-electron chi connectivity index (χ3n) is 2.79. The molecule has 0 fully saturated rings. The average molecular weight is 286 g/mol. The molecule has 0 spiro atoms. The first kappa shape index (κ1) is 13.9. The third kappa shape index (κ3) is 3.08. The summed E-state index contributed by atoms with van der Waals surface area (Å²) in [5, 5.41) is 0.481. The summed E-state index contributed by atoms with van der Waals surface area (Å²) in [5.74, 6) is 0. The number of benzene rings is 2. The predicted molar refractivity (Wildman–Crippen MR) is 69.8 cm³/mol. The van der Waals surface area contributed by atoms with E-state index in [4.69, 9.17) is 17.3 Å². The second-order valence-corrected chi connectivity index (χ2v) is 4.52. The van der Waals surface area contributed by atoms with E-state index in [0.29, 0.717) is 16.1 Å². The summed E-state index contributed by atoms with van der Waals surface area (Å²) in [6.07, 6.45) is -4.41. The molecule has 0 unspecified atom stereocenters. The molecule has 0 saturated heterocycles. The number of rotatable bonds is 2. The lowest BCUT2D eigenvalue weighted by molar-refractivity contribution is -0.138. The van der Waals surface area contributed by atoms with Gasteiger partial charge in [0.25, 0.3) is 0 Å². The van der Waals surface area contributed by atoms with Gasteiger partial charge in [0.2, 0.25) is 0 Å². The van der Waals surface area contributed by atoms with Crippen molar-refractivity contribution in [1.82, 2.24) is 0 Å². The standard InChI is InChI=1S/C14H11ClF3N/c15-12-3-1-2-9(6-12)10-4-5-11(8-19)13(7-10)14(16,17)18/h1-7H,8,19H2. The molecule has 2 N–H and O–H groups in total. The van der Waals surface area contributed by atoms with Crippen LogP contribution in [0.2, 0.25) is 5.02 Å². The highest BCUT2D eigenvalue weighted by atomic mass is 35.5. The average Bonchev–Trinajstić information content (AvgIpc) is 2.37. The van der Waals surface area contributed by atoms with Gasteiger partial charge in [0.1, 0.15) is 0 Å². The number of alkyl halides is 3. The molecule has 0 aliphatic rings. The normalized spacial score (nSPS) is 11.6. The number of hydrogen-bond acceptors (Lipinski definition) is 1. The summed E-state index contributed by atoms with van der Waals surface area (Å²) in [6.45, 7) is -0.148. The second kappa shape index (κ2) is 5.23. The Bertz CT molecular complexity index is 593. The molecule has 0 saturated carbocycles. The fraction of sp³-hybridized carbons (Fsp3) is 0.143. The van der Waals surface area contributed by atoms with Crippen molar-refractivity contribution in [2.45, 2.75) is 12.7 Å². The Labute approximate surface area is 113 Å². The number of hydrogen-bond donors (Lipinski definition) is 1. The highest BCUT2D eigenvalue weighted by molar-refractivity contribution is 6.30. The summed E-state index contributed by atoms with van der Waals surface area (Å²) >= 11 is 5.84. The van der Waals surface area contributed by atoms with Gasteiger partial charge >= 0.3 is 6.18 Å². The third-order valence-corrected chi connectivity index (χ3v) is 3.03. The fourth-order valence-corrected chi connectivity index (χ4v) is 2.06. The number of halogens is 4. The molecule has 2 rings (SSSR count). The molecular weight excluding hydrogens is 275 g/mol. The lowest BCUT2D eigenvalue weighted by atomic mass is 9.99. The minimum Gasteiger partial charge on any atom is -0.326 e. The van der Waals surface area contributed by atoms with E-state index >= 15 is 0 Å². The van der Waals surface area contributed by atoms with E-state index in [1.807, 2.05) is 0 Å². The SMILES string of the molecule is NCc1ccc(-c2cccc(Cl)c2)cc1C(F)(F)F. The van der Waals surface area contributed by atoms with Crippen LogP contribution in [0.15, 0.2) is 42.5 Å². The highest BCUT2D eigenvalue weighted by Gasteiger charge is 2.33. The van der Waals surface area contributed by atoms with Crippen LogP contribution in [0.25, 0.3) is 11.1 Å². The minimum absolute atomic E-state index is 0.0817. The summed E-state index contributed by atoms with van der Waals surface area (Å²) < 4.78 is 38.8. The molecule has 0 heterocycles. The predicted octanol–water partition coefficient (Wildman–Crippen LogP) is 4.48. The van der Waals surface area contributed by atoms with Gasteiger partial charge in [0, 0.05) is 11.6 Å². The van der Waals surface area contributed by atoms with E-state index in [0.717, 1.165) is 6.07 Å². The molecule has 19 heavy (non-hydrogen) atoms. The van der Waals surface area contributed by atoms with Gasteiger partial charge < -0.3 is 5.73 Å². The monoisotopic (exact) mass is 285 g/mol. The van der Waals surface area contributed by atoms with Crippen molar-refractivity contribution in [3.8, 4) is 11.1 Å². The van der Waals surface area contributed by atoms with E-state index in [2.05, 4.69) is 0 Å². The van der Waals surface area contributed by atoms with E-state index in [-0.39, 0.29) is 12.1 Å². The Morgan fingerprint density at radius 2 is 1.68 bits per heavy atom. The van der Waals surface area contributed by atoms with Crippen molar-refractivity contribution in [3.63, 3.8) is 0 Å². The molecule has 0 aliphatic heterocycles. The Balaban J connectivity index is 2.55. The van der Waals surface area contributed by atoms with Crippen LogP contribution in [0.5, 0.6) is 0 Å². The van der Waals surface area contributed by atoms with E-state index in [9.17, 15) is 13.2 Å². The molecule has 0 aliphatic carbocycles. The van der Waals surface area contributed by atoms with Gasteiger partial charge in [-0.15, -0.1) is 0 Å². The van der Waals surface area contributed by atoms with Gasteiger partial charge in [0.05, 0.1) is 5.56 Å². The van der Waals surface area contributed by atoms with Gasteiger partial charge in [-0.3, -0.25) is 0 Å². The molecule has 1 nitrogen and oxygen atoms in total. The van der Waals surface area contributed by atoms with Gasteiger partial charge in [0.15, 0.2) is 0 Å². The zero-order valence-electron chi connectivity index (χ0n) is 9.84. The lowest BCUT2D eigenvalue weighted by Crippen LogP contribution is -2.12. The quantitative estimate of drug-likeness (QED) is 0.865. The van der Waals surface area contributed by atoms with Crippen molar-refractivity contribution in [3.05, 3.63) is 58.6 Å². The van der Waals surface area contributed by atoms with E-state index < -0.39 is 11.7 Å². The molecule has 0 bridgehead atoms. The molecule has 0 amide bonds. The van der Waals surface area contributed by atoms with Gasteiger partial charge in [-0.2, -0.15) is 13.2 Å². The Hall–Kier alpha value is -1.52. The Morgan fingerprint density at radius 3 is 2.26 bits per heavy atom. The first-order valence-corrected chi connectivity index (χ1v) is 5.96. The van der Waals surface area contributed by atoms with Crippen LogP contribution in [0, 0.1) is 0 Å². The Kier molecular flexibility index (Phi) is 3.83. The molecule has 2 aromatic rings. The maximum absolute atomic E-state index is 12.9. The van der Waals surface area contributed by atoms with E-state index in [1.54, 1.807) is 30.3 Å². The highest BCUT2D eigenvalue weighted by Crippen LogP contribution is 2.35. The molecule has 100 valence electrons. The number of nitrogens with two attached hydrogens (primary N) is 1. The van der Waals surface area contributed by atoms with Crippen LogP contribution >= 0.6 is 11.6 Å². The van der Waals surface area contributed by atoms with Crippen LogP contribution in [0.4, 0.5) is 13.2 Å². The zero-order valence-corrected chi connectivity index (χ0v) is 10.6. The van der Waals surface area contributed by atoms with Crippen LogP contribution in [-0.4, -0.2) is 0 Å². The van der Waals surface area contributed by atoms with Crippen LogP contribution in [-0.2, 0) is 12.7 Å². The smallest absolute Gasteiger partial charge is 0.326 e. The zero-order chi connectivity index (χ0) is 14.0. The van der Waals surface area contributed by atoms with Crippen LogP contribution in [0.1, 0.15) is 11.1 Å². The molecule has 0 atom stereocenters. The Morgan fingerprint density at radius 1 is 1.00 bits per heavy atom. The van der Waals surface area contributed by atoms with Crippen molar-refractivity contribution < 1.29 is 13.2 Å². The molecular formula is C14H11ClF3N. The fourth-order valence-electron chi connectivity index (χ4n) is 1.87. The second-order valence-electron chi connectivity index (χ2n) is 4.08. The van der Waals surface area contributed by atoms with Crippen molar-refractivity contribution in [2.75, 3.05) is 0 Å². The maximum Gasteiger partial charge on any atom is 0.416 e. The first-order valence-electron chi connectivity index (χ1n) is 5.58. The molecule has 0 aromatic heterocycles. The van der Waals surface area contributed by atoms with Crippen molar-refractivity contribution >= 4 is 11.6 Å². The van der Waals surface area contributed by atoms with Gasteiger partial charge in [-0.1, -0.05) is 35.9 Å². The largest absolute Gasteiger partial charge is 0.416 e. The van der Waals surface area contributed by atoms with Crippen LogP contribution < -0.4 is 5.73 Å². The van der Waals surface area contributed by atoms with E-state index in [1.165, 1.54) is 6.07 Å². The molecule has 0 radical (unpaired) electrons. The van der Waals surface area contributed by atoms with Crippen molar-refractivity contribution in [2.24, 2.45) is 5.73 Å². The van der Waals surface area contributed by atoms with Gasteiger partial charge in [-0.05, 0) is 34.9 Å². The summed E-state index contributed by atoms with van der Waals surface area (Å²) in [5.41, 5.74) is 5.82. The van der Waals surface area contributed by atoms with Gasteiger partial charge in [-0.25, -0.2) is 0 Å². The minimum atomic E-state index is -4.41. The topological polar surface area (TPSA) is 26.0 Å². The van der Waals surface area contributed by atoms with Crippen LogP contribution in [0.3, 0.4) is 0 Å². The summed E-state index contributed by atoms with van der Waals surface area (Å²) in [6, 6.07) is 10.8. The summed E-state index contributed by atoms with van der Waals surface area (Å²) in [7, 11) is 0.